The summed E-state index contributed by atoms with van der Waals surface area (Å²) in [5.74, 6) is 0.901. The summed E-state index contributed by atoms with van der Waals surface area (Å²) in [7, 11) is -2.19. The summed E-state index contributed by atoms with van der Waals surface area (Å²) in [4.78, 5) is 11.9. The predicted molar refractivity (Wildman–Crippen MR) is 88.7 cm³/mol. The Morgan fingerprint density at radius 2 is 2.08 bits per heavy atom. The van der Waals surface area contributed by atoms with Crippen LogP contribution in [-0.4, -0.2) is 31.9 Å². The molecule has 1 heterocycles. The molecule has 0 atom stereocenters. The van der Waals surface area contributed by atoms with Crippen molar-refractivity contribution in [3.8, 4) is 5.75 Å². The summed E-state index contributed by atoms with van der Waals surface area (Å²) in [6, 6.07) is 9.45. The summed E-state index contributed by atoms with van der Waals surface area (Å²) >= 11 is 0. The fourth-order valence-corrected chi connectivity index (χ4v) is 3.42. The highest BCUT2D eigenvalue weighted by Gasteiger charge is 2.25. The molecule has 1 N–H and O–H groups in total. The highest BCUT2D eigenvalue weighted by molar-refractivity contribution is 7.89. The van der Waals surface area contributed by atoms with Gasteiger partial charge in [0.15, 0.2) is 0 Å². The zero-order valence-electron chi connectivity index (χ0n) is 13.3. The number of benzene rings is 1. The third kappa shape index (κ3) is 3.82. The minimum absolute atomic E-state index is 0.0839. The van der Waals surface area contributed by atoms with Gasteiger partial charge in [0.25, 0.3) is 5.56 Å². The molecule has 0 amide bonds. The molecule has 0 radical (unpaired) electrons. The molecule has 128 valence electrons. The lowest BCUT2D eigenvalue weighted by Crippen LogP contribution is -2.32. The van der Waals surface area contributed by atoms with Crippen molar-refractivity contribution in [1.29, 1.82) is 0 Å². The van der Waals surface area contributed by atoms with E-state index in [2.05, 4.69) is 9.82 Å². The lowest BCUT2D eigenvalue weighted by molar-refractivity contribution is 0.413. The lowest BCUT2D eigenvalue weighted by Gasteiger charge is -2.09. The molecule has 0 aliphatic heterocycles. The Kier molecular flexibility index (Phi) is 4.68. The Bertz CT molecular complexity index is 888. The molecule has 0 saturated heterocycles. The smallest absolute Gasteiger partial charge is 0.266 e. The van der Waals surface area contributed by atoms with Gasteiger partial charge in [-0.15, -0.1) is 0 Å². The zero-order chi connectivity index (χ0) is 17.2. The third-order valence-electron chi connectivity index (χ3n) is 3.85. The van der Waals surface area contributed by atoms with E-state index in [1.54, 1.807) is 18.2 Å². The Balaban J connectivity index is 1.67. The summed E-state index contributed by atoms with van der Waals surface area (Å²) in [5, 5.41) is 4.30. The van der Waals surface area contributed by atoms with Crippen LogP contribution in [0.15, 0.2) is 46.1 Å². The predicted octanol–water partition coefficient (Wildman–Crippen LogP) is 1.11. The zero-order valence-corrected chi connectivity index (χ0v) is 14.1. The molecule has 24 heavy (non-hydrogen) atoms. The monoisotopic (exact) mass is 349 g/mol. The number of hydrogen-bond acceptors (Lipinski definition) is 5. The van der Waals surface area contributed by atoms with E-state index >= 15 is 0 Å². The van der Waals surface area contributed by atoms with Gasteiger partial charge in [0.05, 0.1) is 24.2 Å². The highest BCUT2D eigenvalue weighted by Crippen LogP contribution is 2.38. The second-order valence-corrected chi connectivity index (χ2v) is 7.44. The lowest BCUT2D eigenvalue weighted by atomic mass is 10.3. The van der Waals surface area contributed by atoms with Gasteiger partial charge in [-0.25, -0.2) is 17.8 Å². The van der Waals surface area contributed by atoms with Crippen LogP contribution >= 0.6 is 0 Å². The Labute approximate surface area is 140 Å². The second-order valence-electron chi connectivity index (χ2n) is 5.67. The van der Waals surface area contributed by atoms with Gasteiger partial charge < -0.3 is 4.74 Å². The summed E-state index contributed by atoms with van der Waals surface area (Å²) in [5.41, 5.74) is 0.658. The molecule has 1 saturated carbocycles. The molecular weight excluding hydrogens is 330 g/mol. The average molecular weight is 349 g/mol. The van der Waals surface area contributed by atoms with E-state index in [4.69, 9.17) is 4.74 Å². The molecule has 0 unspecified atom stereocenters. The van der Waals surface area contributed by atoms with E-state index in [-0.39, 0.29) is 23.5 Å². The molecule has 3 rings (SSSR count). The summed E-state index contributed by atoms with van der Waals surface area (Å²) in [6.07, 6.45) is 2.18. The fraction of sp³-hybridized carbons (Fsp3) is 0.375. The van der Waals surface area contributed by atoms with Crippen molar-refractivity contribution in [2.75, 3.05) is 13.7 Å². The van der Waals surface area contributed by atoms with E-state index in [0.29, 0.717) is 11.7 Å². The van der Waals surface area contributed by atoms with Gasteiger partial charge in [-0.1, -0.05) is 6.07 Å². The summed E-state index contributed by atoms with van der Waals surface area (Å²) in [6.45, 7) is 0.267. The van der Waals surface area contributed by atoms with E-state index < -0.39 is 10.0 Å². The molecule has 0 spiro atoms. The molecule has 1 aliphatic carbocycles. The molecule has 1 aromatic heterocycles. The van der Waals surface area contributed by atoms with Crippen molar-refractivity contribution >= 4 is 10.0 Å². The number of rotatable bonds is 7. The molecule has 8 heteroatoms. The first-order valence-corrected chi connectivity index (χ1v) is 9.20. The Morgan fingerprint density at radius 3 is 2.79 bits per heavy atom. The van der Waals surface area contributed by atoms with Crippen molar-refractivity contribution in [3.63, 3.8) is 0 Å². The van der Waals surface area contributed by atoms with Gasteiger partial charge >= 0.3 is 0 Å². The molecule has 1 aliphatic rings. The van der Waals surface area contributed by atoms with Crippen LogP contribution in [0.2, 0.25) is 0 Å². The summed E-state index contributed by atoms with van der Waals surface area (Å²) < 4.78 is 33.4. The maximum absolute atomic E-state index is 12.3. The van der Waals surface area contributed by atoms with E-state index in [9.17, 15) is 13.2 Å². The number of ether oxygens (including phenoxy) is 1. The van der Waals surface area contributed by atoms with Gasteiger partial charge in [0, 0.05) is 24.6 Å². The Hall–Kier alpha value is -2.19. The van der Waals surface area contributed by atoms with Crippen LogP contribution in [0.4, 0.5) is 0 Å². The normalized spacial score (nSPS) is 14.5. The molecule has 1 aromatic carbocycles. The van der Waals surface area contributed by atoms with E-state index in [1.165, 1.54) is 30.0 Å². The topological polar surface area (TPSA) is 90.3 Å². The fourth-order valence-electron chi connectivity index (χ4n) is 2.36. The van der Waals surface area contributed by atoms with Crippen LogP contribution < -0.4 is 15.0 Å². The maximum Gasteiger partial charge on any atom is 0.266 e. The molecule has 2 aromatic rings. The van der Waals surface area contributed by atoms with Crippen LogP contribution in [0, 0.1) is 0 Å². The average Bonchev–Trinajstić information content (AvgIpc) is 3.41. The largest absolute Gasteiger partial charge is 0.497 e. The van der Waals surface area contributed by atoms with Crippen LogP contribution in [0.3, 0.4) is 0 Å². The first-order valence-electron chi connectivity index (χ1n) is 7.71. The highest BCUT2D eigenvalue weighted by atomic mass is 32.2. The standard InChI is InChI=1S/C16H19N3O4S/c1-23-13-3-2-4-14(11-13)24(21,22)17-9-10-19-16(20)8-7-15(18-19)12-5-6-12/h2-4,7-8,11-12,17H,5-6,9-10H2,1H3. The van der Waals surface area contributed by atoms with Crippen molar-refractivity contribution in [1.82, 2.24) is 14.5 Å². The van der Waals surface area contributed by atoms with Crippen molar-refractivity contribution < 1.29 is 13.2 Å². The van der Waals surface area contributed by atoms with Crippen molar-refractivity contribution in [2.45, 2.75) is 30.2 Å². The number of sulfonamides is 1. The minimum Gasteiger partial charge on any atom is -0.497 e. The number of hydrogen-bond donors (Lipinski definition) is 1. The third-order valence-corrected chi connectivity index (χ3v) is 5.31. The van der Waals surface area contributed by atoms with Gasteiger partial charge in [-0.2, -0.15) is 5.10 Å². The van der Waals surface area contributed by atoms with Crippen LogP contribution in [-0.2, 0) is 16.6 Å². The minimum atomic E-state index is -3.66. The Morgan fingerprint density at radius 1 is 1.29 bits per heavy atom. The molecule has 1 fully saturated rings. The number of aromatic nitrogens is 2. The van der Waals surface area contributed by atoms with E-state index in [1.807, 2.05) is 0 Å². The van der Waals surface area contributed by atoms with Crippen LogP contribution in [0.5, 0.6) is 5.75 Å². The van der Waals surface area contributed by atoms with Gasteiger partial charge in [0.2, 0.25) is 10.0 Å². The molecule has 7 nitrogen and oxygen atoms in total. The van der Waals surface area contributed by atoms with Gasteiger partial charge in [-0.3, -0.25) is 4.79 Å². The molecular formula is C16H19N3O4S. The number of nitrogens with one attached hydrogen (secondary N) is 1. The van der Waals surface area contributed by atoms with Crippen molar-refractivity contribution in [2.24, 2.45) is 0 Å². The van der Waals surface area contributed by atoms with Crippen LogP contribution in [0.25, 0.3) is 0 Å². The van der Waals surface area contributed by atoms with Crippen molar-refractivity contribution in [3.05, 3.63) is 52.4 Å². The van der Waals surface area contributed by atoms with Gasteiger partial charge in [-0.05, 0) is 31.0 Å². The quantitative estimate of drug-likeness (QED) is 0.809. The molecule has 0 bridgehead atoms. The van der Waals surface area contributed by atoms with E-state index in [0.717, 1.165) is 18.5 Å². The number of methoxy groups -OCH3 is 1. The second kappa shape index (κ2) is 6.74. The SMILES string of the molecule is COc1cccc(S(=O)(=O)NCCn2nc(C3CC3)ccc2=O)c1. The number of nitrogens with zero attached hydrogens (tertiary/aromatic N) is 2. The van der Waals surface area contributed by atoms with Gasteiger partial charge in [0.1, 0.15) is 5.75 Å². The maximum atomic E-state index is 12.3. The first-order chi connectivity index (χ1) is 11.5. The van der Waals surface area contributed by atoms with Crippen LogP contribution in [0.1, 0.15) is 24.5 Å². The first kappa shape index (κ1) is 16.7.